The van der Waals surface area contributed by atoms with Gasteiger partial charge >= 0.3 is 0 Å². The topological polar surface area (TPSA) is 49.4 Å². The first-order valence-electron chi connectivity index (χ1n) is 8.42. The Kier molecular flexibility index (Phi) is 5.45. The SMILES string of the molecule is C[C@@H](CCc1ccccc1)NC(=O)[C@H]1CC(=O)N(C(C)(C)C)C1. The van der Waals surface area contributed by atoms with Crippen molar-refractivity contribution in [2.75, 3.05) is 6.54 Å². The lowest BCUT2D eigenvalue weighted by atomic mass is 10.0. The maximum absolute atomic E-state index is 12.4. The van der Waals surface area contributed by atoms with Crippen LogP contribution < -0.4 is 5.32 Å². The van der Waals surface area contributed by atoms with Crippen LogP contribution in [0.1, 0.15) is 46.1 Å². The van der Waals surface area contributed by atoms with E-state index in [-0.39, 0.29) is 29.3 Å². The molecule has 1 aliphatic rings. The molecule has 0 radical (unpaired) electrons. The average Bonchev–Trinajstić information content (AvgIpc) is 2.88. The summed E-state index contributed by atoms with van der Waals surface area (Å²) in [6, 6.07) is 10.4. The first kappa shape index (κ1) is 17.5. The first-order chi connectivity index (χ1) is 10.8. The minimum atomic E-state index is -0.221. The van der Waals surface area contributed by atoms with Crippen molar-refractivity contribution in [2.45, 2.75) is 58.5 Å². The fraction of sp³-hybridized carbons (Fsp3) is 0.579. The predicted octanol–water partition coefficient (Wildman–Crippen LogP) is 2.77. The molecule has 1 heterocycles. The number of amides is 2. The van der Waals surface area contributed by atoms with Crippen LogP contribution in [0.15, 0.2) is 30.3 Å². The van der Waals surface area contributed by atoms with Gasteiger partial charge in [0.05, 0.1) is 5.92 Å². The molecule has 4 heteroatoms. The highest BCUT2D eigenvalue weighted by Crippen LogP contribution is 2.26. The van der Waals surface area contributed by atoms with E-state index in [1.54, 1.807) is 0 Å². The molecule has 1 aromatic carbocycles. The largest absolute Gasteiger partial charge is 0.353 e. The molecule has 0 aliphatic carbocycles. The second-order valence-corrected chi connectivity index (χ2v) is 7.51. The lowest BCUT2D eigenvalue weighted by Crippen LogP contribution is -2.44. The molecule has 1 N–H and O–H groups in total. The third-order valence-electron chi connectivity index (χ3n) is 4.40. The Balaban J connectivity index is 1.81. The normalized spacial score (nSPS) is 19.7. The molecular formula is C19H28N2O2. The van der Waals surface area contributed by atoms with Crippen molar-refractivity contribution in [2.24, 2.45) is 5.92 Å². The number of carbonyl (C=O) groups excluding carboxylic acids is 2. The van der Waals surface area contributed by atoms with Crippen molar-refractivity contribution >= 4 is 11.8 Å². The lowest BCUT2D eigenvalue weighted by Gasteiger charge is -2.32. The fourth-order valence-corrected chi connectivity index (χ4v) is 2.99. The van der Waals surface area contributed by atoms with Gasteiger partial charge in [0.1, 0.15) is 0 Å². The Morgan fingerprint density at radius 2 is 1.96 bits per heavy atom. The van der Waals surface area contributed by atoms with Gasteiger partial charge in [0, 0.05) is 24.5 Å². The zero-order chi connectivity index (χ0) is 17.0. The molecule has 0 aromatic heterocycles. The van der Waals surface area contributed by atoms with E-state index >= 15 is 0 Å². The van der Waals surface area contributed by atoms with Crippen LogP contribution in [0.4, 0.5) is 0 Å². The molecule has 2 amide bonds. The van der Waals surface area contributed by atoms with Gasteiger partial charge in [-0.05, 0) is 46.1 Å². The van der Waals surface area contributed by atoms with Crippen molar-refractivity contribution < 1.29 is 9.59 Å². The van der Waals surface area contributed by atoms with Crippen molar-refractivity contribution in [1.29, 1.82) is 0 Å². The highest BCUT2D eigenvalue weighted by molar-refractivity contribution is 5.89. The van der Waals surface area contributed by atoms with Gasteiger partial charge in [-0.3, -0.25) is 9.59 Å². The number of nitrogens with zero attached hydrogens (tertiary/aromatic N) is 1. The van der Waals surface area contributed by atoms with Crippen LogP contribution in [0, 0.1) is 5.92 Å². The van der Waals surface area contributed by atoms with E-state index in [1.807, 2.05) is 50.8 Å². The summed E-state index contributed by atoms with van der Waals surface area (Å²) < 4.78 is 0. The molecule has 1 aromatic rings. The standard InChI is InChI=1S/C19H28N2O2/c1-14(10-11-15-8-6-5-7-9-15)20-18(23)16-12-17(22)21(13-16)19(2,3)4/h5-9,14,16H,10-13H2,1-4H3,(H,20,23)/t14-,16-/m0/s1. The molecule has 1 saturated heterocycles. The third kappa shape index (κ3) is 4.81. The maximum atomic E-state index is 12.4. The third-order valence-corrected chi connectivity index (χ3v) is 4.40. The average molecular weight is 316 g/mol. The Hall–Kier alpha value is -1.84. The summed E-state index contributed by atoms with van der Waals surface area (Å²) >= 11 is 0. The van der Waals surface area contributed by atoms with Crippen LogP contribution in [-0.2, 0) is 16.0 Å². The second-order valence-electron chi connectivity index (χ2n) is 7.51. The van der Waals surface area contributed by atoms with Gasteiger partial charge in [-0.2, -0.15) is 0 Å². The highest BCUT2D eigenvalue weighted by Gasteiger charge is 2.39. The molecular weight excluding hydrogens is 288 g/mol. The summed E-state index contributed by atoms with van der Waals surface area (Å²) in [5.41, 5.74) is 1.06. The van der Waals surface area contributed by atoms with Gasteiger partial charge in [0.15, 0.2) is 0 Å². The number of hydrogen-bond donors (Lipinski definition) is 1. The number of benzene rings is 1. The minimum absolute atomic E-state index is 0.00524. The van der Waals surface area contributed by atoms with Crippen molar-refractivity contribution in [3.8, 4) is 0 Å². The smallest absolute Gasteiger partial charge is 0.225 e. The second kappa shape index (κ2) is 7.16. The zero-order valence-corrected chi connectivity index (χ0v) is 14.6. The molecule has 2 atom stereocenters. The van der Waals surface area contributed by atoms with Crippen LogP contribution in [0.5, 0.6) is 0 Å². The summed E-state index contributed by atoms with van der Waals surface area (Å²) in [5.74, 6) is -0.138. The van der Waals surface area contributed by atoms with Crippen molar-refractivity contribution in [3.63, 3.8) is 0 Å². The monoisotopic (exact) mass is 316 g/mol. The van der Waals surface area contributed by atoms with E-state index in [0.717, 1.165) is 12.8 Å². The molecule has 23 heavy (non-hydrogen) atoms. The Morgan fingerprint density at radius 3 is 2.52 bits per heavy atom. The van der Waals surface area contributed by atoms with Gasteiger partial charge in [-0.25, -0.2) is 0 Å². The van der Waals surface area contributed by atoms with E-state index < -0.39 is 0 Å². The Labute approximate surface area is 139 Å². The molecule has 1 fully saturated rings. The van der Waals surface area contributed by atoms with Crippen LogP contribution in [0.25, 0.3) is 0 Å². The summed E-state index contributed by atoms with van der Waals surface area (Å²) in [7, 11) is 0. The highest BCUT2D eigenvalue weighted by atomic mass is 16.2. The van der Waals surface area contributed by atoms with Crippen LogP contribution in [0.3, 0.4) is 0 Å². The maximum Gasteiger partial charge on any atom is 0.225 e. The molecule has 0 saturated carbocycles. The van der Waals surface area contributed by atoms with Crippen LogP contribution in [-0.4, -0.2) is 34.8 Å². The fourth-order valence-electron chi connectivity index (χ4n) is 2.99. The van der Waals surface area contributed by atoms with Gasteiger partial charge < -0.3 is 10.2 Å². The first-order valence-corrected chi connectivity index (χ1v) is 8.42. The predicted molar refractivity (Wildman–Crippen MR) is 91.9 cm³/mol. The number of carbonyl (C=O) groups is 2. The summed E-state index contributed by atoms with van der Waals surface area (Å²) in [5, 5.41) is 3.07. The summed E-state index contributed by atoms with van der Waals surface area (Å²) in [6.07, 6.45) is 2.17. The number of rotatable bonds is 5. The number of likely N-dealkylation sites (tertiary alicyclic amines) is 1. The molecule has 0 bridgehead atoms. The van der Waals surface area contributed by atoms with Crippen LogP contribution >= 0.6 is 0 Å². The molecule has 0 spiro atoms. The molecule has 1 aliphatic heterocycles. The number of nitrogens with one attached hydrogen (secondary N) is 1. The summed E-state index contributed by atoms with van der Waals surface area (Å²) in [6.45, 7) is 8.58. The molecule has 4 nitrogen and oxygen atoms in total. The van der Waals surface area contributed by atoms with Gasteiger partial charge in [0.25, 0.3) is 0 Å². The van der Waals surface area contributed by atoms with Crippen molar-refractivity contribution in [1.82, 2.24) is 10.2 Å². The van der Waals surface area contributed by atoms with Gasteiger partial charge in [-0.1, -0.05) is 30.3 Å². The van der Waals surface area contributed by atoms with E-state index in [4.69, 9.17) is 0 Å². The lowest BCUT2D eigenvalue weighted by molar-refractivity contribution is -0.132. The Bertz CT molecular complexity index is 548. The molecule has 0 unspecified atom stereocenters. The molecule has 2 rings (SSSR count). The molecule has 126 valence electrons. The number of hydrogen-bond acceptors (Lipinski definition) is 2. The van der Waals surface area contributed by atoms with E-state index in [2.05, 4.69) is 17.4 Å². The van der Waals surface area contributed by atoms with Gasteiger partial charge in [-0.15, -0.1) is 0 Å². The van der Waals surface area contributed by atoms with E-state index in [0.29, 0.717) is 13.0 Å². The van der Waals surface area contributed by atoms with E-state index in [9.17, 15) is 9.59 Å². The number of aryl methyl sites for hydroxylation is 1. The van der Waals surface area contributed by atoms with Crippen molar-refractivity contribution in [3.05, 3.63) is 35.9 Å². The zero-order valence-electron chi connectivity index (χ0n) is 14.6. The van der Waals surface area contributed by atoms with E-state index in [1.165, 1.54) is 5.56 Å². The van der Waals surface area contributed by atoms with Gasteiger partial charge in [0.2, 0.25) is 11.8 Å². The minimum Gasteiger partial charge on any atom is -0.353 e. The van der Waals surface area contributed by atoms with Crippen LogP contribution in [0.2, 0.25) is 0 Å². The Morgan fingerprint density at radius 1 is 1.30 bits per heavy atom. The summed E-state index contributed by atoms with van der Waals surface area (Å²) in [4.78, 5) is 26.3. The quantitative estimate of drug-likeness (QED) is 0.908.